The molecule has 2 unspecified atom stereocenters. The number of aromatic nitrogens is 1. The van der Waals surface area contributed by atoms with Gasteiger partial charge in [0.25, 0.3) is 0 Å². The zero-order chi connectivity index (χ0) is 21.9. The van der Waals surface area contributed by atoms with E-state index in [9.17, 15) is 9.90 Å². The second-order valence-corrected chi connectivity index (χ2v) is 8.41. The van der Waals surface area contributed by atoms with Crippen LogP contribution in [-0.2, 0) is 4.79 Å². The Labute approximate surface area is 188 Å². The molecule has 160 valence electrons. The Morgan fingerprint density at radius 2 is 1.56 bits per heavy atom. The molecule has 0 saturated carbocycles. The number of pyridine rings is 1. The average molecular weight is 423 g/mol. The quantitative estimate of drug-likeness (QED) is 0.433. The van der Waals surface area contributed by atoms with Crippen molar-refractivity contribution in [1.82, 2.24) is 9.88 Å². The number of benzene rings is 3. The Bertz CT molecular complexity index is 1220. The minimum atomic E-state index is -0.753. The SMILES string of the molecule is O=C(O)C1CCCCN1C(c1ccc(-c2ccccc2)cc1)c1ccc2ccccc2n1. The summed E-state index contributed by atoms with van der Waals surface area (Å²) in [6, 6.07) is 30.3. The number of piperidine rings is 1. The second kappa shape index (κ2) is 8.93. The standard InChI is InChI=1S/C28H26N2O2/c31-28(32)26-12-6-7-19-30(26)27(25-18-17-22-10-4-5-11-24(22)29-25)23-15-13-21(14-16-23)20-8-2-1-3-9-20/h1-5,8-11,13-18,26-27H,6-7,12,19H2,(H,31,32). The molecular weight excluding hydrogens is 396 g/mol. The molecule has 4 nitrogen and oxygen atoms in total. The minimum Gasteiger partial charge on any atom is -0.480 e. The van der Waals surface area contributed by atoms with Crippen LogP contribution in [0.25, 0.3) is 22.0 Å². The van der Waals surface area contributed by atoms with E-state index in [1.54, 1.807) is 0 Å². The van der Waals surface area contributed by atoms with Gasteiger partial charge in [-0.1, -0.05) is 85.3 Å². The van der Waals surface area contributed by atoms with Crippen molar-refractivity contribution >= 4 is 16.9 Å². The Balaban J connectivity index is 1.59. The molecule has 0 spiro atoms. The van der Waals surface area contributed by atoms with Gasteiger partial charge in [-0.2, -0.15) is 0 Å². The number of aliphatic carboxylic acids is 1. The zero-order valence-corrected chi connectivity index (χ0v) is 17.9. The molecule has 4 aromatic rings. The normalized spacial score (nSPS) is 17.8. The fourth-order valence-corrected chi connectivity index (χ4v) is 4.78. The van der Waals surface area contributed by atoms with Crippen LogP contribution in [0.2, 0.25) is 0 Å². The lowest BCUT2D eigenvalue weighted by Crippen LogP contribution is -2.47. The number of likely N-dealkylation sites (tertiary alicyclic amines) is 1. The van der Waals surface area contributed by atoms with Gasteiger partial charge in [0.15, 0.2) is 0 Å². The molecule has 2 atom stereocenters. The Kier molecular flexibility index (Phi) is 5.70. The van der Waals surface area contributed by atoms with E-state index < -0.39 is 12.0 Å². The summed E-state index contributed by atoms with van der Waals surface area (Å²) < 4.78 is 0. The highest BCUT2D eigenvalue weighted by atomic mass is 16.4. The number of carboxylic acid groups (broad SMARTS) is 1. The summed E-state index contributed by atoms with van der Waals surface area (Å²) in [6.45, 7) is 0.747. The lowest BCUT2D eigenvalue weighted by molar-refractivity contribution is -0.145. The highest BCUT2D eigenvalue weighted by Gasteiger charge is 2.35. The predicted molar refractivity (Wildman–Crippen MR) is 127 cm³/mol. The number of carboxylic acids is 1. The fraction of sp³-hybridized carbons (Fsp3) is 0.214. The summed E-state index contributed by atoms with van der Waals surface area (Å²) in [5, 5.41) is 11.0. The van der Waals surface area contributed by atoms with Crippen LogP contribution in [0.15, 0.2) is 91.0 Å². The molecule has 1 N–H and O–H groups in total. The molecule has 1 aliphatic rings. The second-order valence-electron chi connectivity index (χ2n) is 8.41. The van der Waals surface area contributed by atoms with Crippen molar-refractivity contribution in [1.29, 1.82) is 0 Å². The smallest absolute Gasteiger partial charge is 0.320 e. The Morgan fingerprint density at radius 3 is 2.34 bits per heavy atom. The molecule has 0 aliphatic carbocycles. The number of hydrogen-bond donors (Lipinski definition) is 1. The highest BCUT2D eigenvalue weighted by molar-refractivity contribution is 5.78. The van der Waals surface area contributed by atoms with Gasteiger partial charge in [-0.25, -0.2) is 0 Å². The molecule has 1 fully saturated rings. The first-order valence-corrected chi connectivity index (χ1v) is 11.2. The topological polar surface area (TPSA) is 53.4 Å². The van der Waals surface area contributed by atoms with Crippen molar-refractivity contribution in [3.8, 4) is 11.1 Å². The molecule has 0 amide bonds. The minimum absolute atomic E-state index is 0.203. The summed E-state index contributed by atoms with van der Waals surface area (Å²) in [4.78, 5) is 19.2. The summed E-state index contributed by atoms with van der Waals surface area (Å²) in [5.41, 5.74) is 5.21. The highest BCUT2D eigenvalue weighted by Crippen LogP contribution is 2.35. The van der Waals surface area contributed by atoms with Crippen LogP contribution in [0, 0.1) is 0 Å². The monoisotopic (exact) mass is 422 g/mol. The fourth-order valence-electron chi connectivity index (χ4n) is 4.78. The van der Waals surface area contributed by atoms with Crippen molar-refractivity contribution in [3.63, 3.8) is 0 Å². The Morgan fingerprint density at radius 1 is 0.844 bits per heavy atom. The third-order valence-electron chi connectivity index (χ3n) is 6.39. The first-order valence-electron chi connectivity index (χ1n) is 11.2. The maximum Gasteiger partial charge on any atom is 0.320 e. The molecule has 1 saturated heterocycles. The number of rotatable bonds is 5. The van der Waals surface area contributed by atoms with E-state index in [0.717, 1.165) is 47.1 Å². The van der Waals surface area contributed by atoms with Crippen molar-refractivity contribution in [3.05, 3.63) is 102 Å². The molecule has 3 aromatic carbocycles. The maximum atomic E-state index is 12.1. The van der Waals surface area contributed by atoms with Crippen molar-refractivity contribution < 1.29 is 9.90 Å². The van der Waals surface area contributed by atoms with Crippen LogP contribution in [0.3, 0.4) is 0 Å². The van der Waals surface area contributed by atoms with Gasteiger partial charge in [-0.15, -0.1) is 0 Å². The molecule has 1 aliphatic heterocycles. The number of para-hydroxylation sites is 1. The molecule has 1 aromatic heterocycles. The lowest BCUT2D eigenvalue weighted by Gasteiger charge is -2.39. The van der Waals surface area contributed by atoms with E-state index in [-0.39, 0.29) is 6.04 Å². The van der Waals surface area contributed by atoms with Gasteiger partial charge in [-0.05, 0) is 48.2 Å². The van der Waals surface area contributed by atoms with Gasteiger partial charge in [0, 0.05) is 5.39 Å². The van der Waals surface area contributed by atoms with E-state index >= 15 is 0 Å². The largest absolute Gasteiger partial charge is 0.480 e. The van der Waals surface area contributed by atoms with E-state index in [1.165, 1.54) is 5.56 Å². The van der Waals surface area contributed by atoms with Crippen LogP contribution >= 0.6 is 0 Å². The molecule has 4 heteroatoms. The summed E-state index contributed by atoms with van der Waals surface area (Å²) in [6.07, 6.45) is 2.61. The summed E-state index contributed by atoms with van der Waals surface area (Å²) in [7, 11) is 0. The molecule has 0 radical (unpaired) electrons. The van der Waals surface area contributed by atoms with Gasteiger partial charge < -0.3 is 5.11 Å². The number of hydrogen-bond acceptors (Lipinski definition) is 3. The van der Waals surface area contributed by atoms with Crippen LogP contribution in [0.4, 0.5) is 0 Å². The van der Waals surface area contributed by atoms with Gasteiger partial charge in [0.2, 0.25) is 0 Å². The molecular formula is C28H26N2O2. The zero-order valence-electron chi connectivity index (χ0n) is 17.9. The molecule has 2 heterocycles. The maximum absolute atomic E-state index is 12.1. The molecule has 32 heavy (non-hydrogen) atoms. The van der Waals surface area contributed by atoms with Crippen LogP contribution in [0.5, 0.6) is 0 Å². The Hall–Kier alpha value is -3.50. The molecule has 5 rings (SSSR count). The van der Waals surface area contributed by atoms with Crippen molar-refractivity contribution in [2.24, 2.45) is 0 Å². The van der Waals surface area contributed by atoms with Gasteiger partial charge in [0.05, 0.1) is 17.3 Å². The van der Waals surface area contributed by atoms with Crippen LogP contribution in [0.1, 0.15) is 36.6 Å². The van der Waals surface area contributed by atoms with Gasteiger partial charge in [0.1, 0.15) is 6.04 Å². The van der Waals surface area contributed by atoms with Crippen molar-refractivity contribution in [2.75, 3.05) is 6.54 Å². The predicted octanol–water partition coefficient (Wildman–Crippen LogP) is 5.93. The van der Waals surface area contributed by atoms with Gasteiger partial charge in [-0.3, -0.25) is 14.7 Å². The summed E-state index contributed by atoms with van der Waals surface area (Å²) in [5.74, 6) is -0.753. The van der Waals surface area contributed by atoms with E-state index in [1.807, 2.05) is 42.5 Å². The third kappa shape index (κ3) is 4.02. The van der Waals surface area contributed by atoms with Crippen molar-refractivity contribution in [2.45, 2.75) is 31.3 Å². The van der Waals surface area contributed by atoms with Crippen LogP contribution in [-0.4, -0.2) is 33.5 Å². The van der Waals surface area contributed by atoms with E-state index in [4.69, 9.17) is 4.98 Å². The van der Waals surface area contributed by atoms with E-state index in [0.29, 0.717) is 6.42 Å². The number of fused-ring (bicyclic) bond motifs is 1. The first-order chi connectivity index (χ1) is 15.7. The van der Waals surface area contributed by atoms with E-state index in [2.05, 4.69) is 53.4 Å². The molecule has 0 bridgehead atoms. The number of nitrogens with zero attached hydrogens (tertiary/aromatic N) is 2. The summed E-state index contributed by atoms with van der Waals surface area (Å²) >= 11 is 0. The average Bonchev–Trinajstić information content (AvgIpc) is 2.85. The number of carbonyl (C=O) groups is 1. The lowest BCUT2D eigenvalue weighted by atomic mass is 9.92. The third-order valence-corrected chi connectivity index (χ3v) is 6.39. The first kappa shape index (κ1) is 20.4. The van der Waals surface area contributed by atoms with Gasteiger partial charge >= 0.3 is 5.97 Å². The van der Waals surface area contributed by atoms with Crippen LogP contribution < -0.4 is 0 Å².